The summed E-state index contributed by atoms with van der Waals surface area (Å²) in [5.41, 5.74) is 4.33. The van der Waals surface area contributed by atoms with E-state index in [-0.39, 0.29) is 41.0 Å². The zero-order valence-electron chi connectivity index (χ0n) is 39.5. The van der Waals surface area contributed by atoms with Crippen LogP contribution in [0.25, 0.3) is 22.4 Å². The topological polar surface area (TPSA) is 244 Å². The van der Waals surface area contributed by atoms with Crippen molar-refractivity contribution in [1.82, 2.24) is 40.8 Å². The number of rotatable bonds is 30. The second-order valence-electron chi connectivity index (χ2n) is 16.7. The maximum Gasteiger partial charge on any atom is 0.294 e. The van der Waals surface area contributed by atoms with Gasteiger partial charge in [0.15, 0.2) is 11.6 Å². The van der Waals surface area contributed by atoms with Crippen LogP contribution in [-0.4, -0.2) is 114 Å². The lowest BCUT2D eigenvalue weighted by Crippen LogP contribution is -2.30. The first-order valence-corrected chi connectivity index (χ1v) is 24.6. The van der Waals surface area contributed by atoms with Crippen molar-refractivity contribution in [1.29, 1.82) is 0 Å². The van der Waals surface area contributed by atoms with Gasteiger partial charge >= 0.3 is 0 Å². The predicted molar refractivity (Wildman–Crippen MR) is 261 cm³/mol. The molecule has 0 aliphatic carbocycles. The molecule has 6 aromatic rings. The van der Waals surface area contributed by atoms with E-state index in [0.29, 0.717) is 95.0 Å². The Hall–Kier alpha value is -6.84. The molecule has 3 N–H and O–H groups in total. The summed E-state index contributed by atoms with van der Waals surface area (Å²) in [4.78, 5) is 35.0. The third kappa shape index (κ3) is 17.6. The van der Waals surface area contributed by atoms with Gasteiger partial charge in [-0.3, -0.25) is 14.1 Å². The molecule has 0 spiro atoms. The summed E-state index contributed by atoms with van der Waals surface area (Å²) in [6.45, 7) is 7.92. The largest absolute Gasteiger partial charge is 0.478 e. The van der Waals surface area contributed by atoms with Crippen molar-refractivity contribution in [2.75, 3.05) is 59.3 Å². The highest BCUT2D eigenvalue weighted by atomic mass is 32.2. The van der Waals surface area contributed by atoms with E-state index < -0.39 is 10.1 Å². The first-order valence-electron chi connectivity index (χ1n) is 23.2. The van der Waals surface area contributed by atoms with Gasteiger partial charge in [0, 0.05) is 49.5 Å². The molecule has 0 aliphatic rings. The zero-order chi connectivity index (χ0) is 49.4. The van der Waals surface area contributed by atoms with Crippen LogP contribution in [0.15, 0.2) is 131 Å². The number of hydrogen-bond acceptors (Lipinski definition) is 15. The van der Waals surface area contributed by atoms with Gasteiger partial charge < -0.3 is 29.6 Å². The summed E-state index contributed by atoms with van der Waals surface area (Å²) in [6, 6.07) is 33.4. The number of azo groups is 1. The van der Waals surface area contributed by atoms with Crippen molar-refractivity contribution >= 4 is 27.8 Å². The van der Waals surface area contributed by atoms with Gasteiger partial charge in [-0.1, -0.05) is 92.7 Å². The number of amides is 2. The Morgan fingerprint density at radius 2 is 1.39 bits per heavy atom. The number of pyridine rings is 2. The molecule has 0 fully saturated rings. The number of hydrogen-bond donors (Lipinski definition) is 3. The minimum atomic E-state index is -4.38. The monoisotopic (exact) mass is 976 g/mol. The van der Waals surface area contributed by atoms with Gasteiger partial charge in [-0.05, 0) is 78.3 Å². The van der Waals surface area contributed by atoms with Crippen molar-refractivity contribution in [3.05, 3.63) is 132 Å². The minimum Gasteiger partial charge on any atom is -0.478 e. The average molecular weight is 977 g/mol. The van der Waals surface area contributed by atoms with Crippen LogP contribution in [-0.2, 0) is 47.6 Å². The van der Waals surface area contributed by atoms with E-state index in [1.807, 2.05) is 54.6 Å². The van der Waals surface area contributed by atoms with Gasteiger partial charge in [0.2, 0.25) is 11.8 Å². The van der Waals surface area contributed by atoms with E-state index in [9.17, 15) is 22.6 Å². The number of carbonyl (C=O) groups excluding carboxylic acids is 2. The normalized spacial score (nSPS) is 11.8. The number of ether oxygens (including phenoxy) is 4. The molecule has 20 heteroatoms. The minimum absolute atomic E-state index is 0.0317. The van der Waals surface area contributed by atoms with Gasteiger partial charge in [-0.2, -0.15) is 18.3 Å². The second-order valence-corrected chi connectivity index (χ2v) is 18.1. The number of aromatic nitrogens is 6. The predicted octanol–water partition coefficient (Wildman–Crippen LogP) is 7.23. The number of benzene rings is 3. The Morgan fingerprint density at radius 1 is 0.729 bits per heavy atom. The Morgan fingerprint density at radius 3 is 2.07 bits per heavy atom. The fourth-order valence-electron chi connectivity index (χ4n) is 6.93. The molecule has 0 unspecified atom stereocenters. The highest BCUT2D eigenvalue weighted by Gasteiger charge is 2.26. The highest BCUT2D eigenvalue weighted by Crippen LogP contribution is 2.30. The fraction of sp³-hybridized carbons (Fsp3) is 0.380. The van der Waals surface area contributed by atoms with E-state index >= 15 is 0 Å². The molecule has 0 saturated heterocycles. The maximum absolute atomic E-state index is 12.6. The molecule has 0 atom stereocenters. The van der Waals surface area contributed by atoms with Crippen LogP contribution in [0.4, 0.5) is 5.82 Å². The molecule has 0 bridgehead atoms. The fourth-order valence-corrected chi connectivity index (χ4v) is 7.64. The Bertz CT molecular complexity index is 2630. The molecular formula is C50H60N10O9S. The molecule has 3 aromatic carbocycles. The van der Waals surface area contributed by atoms with Crippen molar-refractivity contribution in [2.45, 2.75) is 69.4 Å². The molecule has 0 radical (unpaired) electrons. The molecule has 0 aliphatic heterocycles. The number of unbranched alkanes of at least 4 members (excludes halogenated alkanes) is 1. The number of nitrogens with zero attached hydrogens (tertiary/aromatic N) is 8. The van der Waals surface area contributed by atoms with Gasteiger partial charge in [-0.15, -0.1) is 15.3 Å². The van der Waals surface area contributed by atoms with Crippen molar-refractivity contribution in [2.24, 2.45) is 10.2 Å². The summed E-state index contributed by atoms with van der Waals surface area (Å²) >= 11 is 0. The lowest BCUT2D eigenvalue weighted by Gasteiger charge is -2.20. The summed E-state index contributed by atoms with van der Waals surface area (Å²) in [7, 11) is -4.38. The van der Waals surface area contributed by atoms with Crippen LogP contribution in [0.5, 0.6) is 5.88 Å². The first kappa shape index (κ1) is 52.5. The van der Waals surface area contributed by atoms with Gasteiger partial charge in [0.25, 0.3) is 16.0 Å². The SMILES string of the molecule is CC(C)(CCCCOc1cc(-c2ccccc2)cc(-c2ccccc2)n1)c1nnn(CC(=O)NCCCOCCOCCOCCCNC(=O)c2ccc(N=NCc3ccccc3S(=O)(=O)O)nc2)n1. The lowest BCUT2D eigenvalue weighted by molar-refractivity contribution is -0.122. The van der Waals surface area contributed by atoms with Gasteiger partial charge in [-0.25, -0.2) is 9.97 Å². The van der Waals surface area contributed by atoms with Gasteiger partial charge in [0.1, 0.15) is 6.54 Å². The summed E-state index contributed by atoms with van der Waals surface area (Å²) in [6.07, 6.45) is 5.11. The first-order chi connectivity index (χ1) is 33.9. The Kier molecular flexibility index (Phi) is 20.5. The number of nitrogens with one attached hydrogen (secondary N) is 2. The molecule has 2 amide bonds. The van der Waals surface area contributed by atoms with E-state index in [4.69, 9.17) is 23.9 Å². The maximum atomic E-state index is 12.6. The lowest BCUT2D eigenvalue weighted by atomic mass is 9.86. The van der Waals surface area contributed by atoms with Gasteiger partial charge in [0.05, 0.1) is 55.7 Å². The Labute approximate surface area is 408 Å². The van der Waals surface area contributed by atoms with Crippen LogP contribution in [0, 0.1) is 0 Å². The van der Waals surface area contributed by atoms with E-state index in [0.717, 1.165) is 41.6 Å². The van der Waals surface area contributed by atoms with Crippen molar-refractivity contribution < 1.29 is 41.5 Å². The molecular weight excluding hydrogens is 917 g/mol. The smallest absolute Gasteiger partial charge is 0.294 e. The van der Waals surface area contributed by atoms with Crippen molar-refractivity contribution in [3.8, 4) is 28.3 Å². The Balaban J connectivity index is 0.745. The standard InChI is InChI=1S/C50H60N10O9S/c1-50(2,23-11-12-28-69-47-34-42(38-15-5-3-6-16-38)33-43(55-47)39-17-7-4-8-18-39)49-57-59-60(58-49)37-46(61)51-24-13-26-66-29-31-68-32-30-67-27-14-25-52-48(62)41-21-22-45(53-35-41)56-54-36-40-19-9-10-20-44(40)70(63,64)65/h3-10,15-22,33-35H,11-14,23-32,36-37H2,1-2H3,(H,51,61)(H,52,62)(H,63,64,65). The molecule has 0 saturated carbocycles. The molecule has 70 heavy (non-hydrogen) atoms. The summed E-state index contributed by atoms with van der Waals surface area (Å²) in [5.74, 6) is 0.900. The molecule has 3 heterocycles. The zero-order valence-corrected chi connectivity index (χ0v) is 40.3. The molecule has 370 valence electrons. The van der Waals surface area contributed by atoms with E-state index in [1.54, 1.807) is 12.1 Å². The summed E-state index contributed by atoms with van der Waals surface area (Å²) in [5, 5.41) is 26.5. The molecule has 19 nitrogen and oxygen atoms in total. The quantitative estimate of drug-likeness (QED) is 0.0229. The highest BCUT2D eigenvalue weighted by molar-refractivity contribution is 7.85. The average Bonchev–Trinajstić information content (AvgIpc) is 3.85. The number of tetrazole rings is 1. The molecule has 3 aromatic heterocycles. The second kappa shape index (κ2) is 27.4. The van der Waals surface area contributed by atoms with Crippen LogP contribution in [0.1, 0.15) is 67.7 Å². The third-order valence-corrected chi connectivity index (χ3v) is 11.7. The summed E-state index contributed by atoms with van der Waals surface area (Å²) < 4.78 is 55.4. The number of carbonyl (C=O) groups is 2. The molecule has 6 rings (SSSR count). The van der Waals surface area contributed by atoms with E-state index in [2.05, 4.69) is 73.3 Å². The van der Waals surface area contributed by atoms with Crippen molar-refractivity contribution in [3.63, 3.8) is 0 Å². The van der Waals surface area contributed by atoms with E-state index in [1.165, 1.54) is 35.3 Å². The van der Waals surface area contributed by atoms with Crippen LogP contribution < -0.4 is 15.4 Å². The van der Waals surface area contributed by atoms with Crippen LogP contribution >= 0.6 is 0 Å². The third-order valence-electron chi connectivity index (χ3n) is 10.7. The van der Waals surface area contributed by atoms with Crippen LogP contribution in [0.2, 0.25) is 0 Å². The van der Waals surface area contributed by atoms with Crippen LogP contribution in [0.3, 0.4) is 0 Å².